The van der Waals surface area contributed by atoms with E-state index in [1.165, 1.54) is 23.2 Å². The first-order chi connectivity index (χ1) is 17.6. The van der Waals surface area contributed by atoms with E-state index in [1.54, 1.807) is 12.3 Å². The molecule has 1 N–H and O–H groups in total. The Bertz CT molecular complexity index is 1210. The summed E-state index contributed by atoms with van der Waals surface area (Å²) in [6.45, 7) is 1.75. The summed E-state index contributed by atoms with van der Waals surface area (Å²) in [5.74, 6) is -1.09. The van der Waals surface area contributed by atoms with Crippen LogP contribution in [0.2, 0.25) is 0 Å². The van der Waals surface area contributed by atoms with Crippen LogP contribution in [-0.2, 0) is 16.1 Å². The van der Waals surface area contributed by atoms with Crippen LogP contribution in [0.5, 0.6) is 5.75 Å². The summed E-state index contributed by atoms with van der Waals surface area (Å²) < 4.78 is 41.3. The second-order valence-electron chi connectivity index (χ2n) is 9.68. The summed E-state index contributed by atoms with van der Waals surface area (Å²) in [4.78, 5) is 48.3. The molecule has 0 unspecified atom stereocenters. The lowest BCUT2D eigenvalue weighted by Crippen LogP contribution is -2.37. The number of nitrogens with zero attached hydrogens (tertiary/aromatic N) is 4. The smallest absolute Gasteiger partial charge is 0.406 e. The number of aromatic nitrogens is 1. The number of ether oxygens (including phenoxy) is 1. The zero-order valence-corrected chi connectivity index (χ0v) is 20.1. The Morgan fingerprint density at radius 2 is 1.81 bits per heavy atom. The molecule has 3 aliphatic rings. The zero-order chi connectivity index (χ0) is 26.4. The minimum Gasteiger partial charge on any atom is -0.406 e. The molecular formula is C25H26F3N5O4. The molecule has 1 aliphatic carbocycles. The predicted octanol–water partition coefficient (Wildman–Crippen LogP) is 3.76. The van der Waals surface area contributed by atoms with Gasteiger partial charge in [-0.15, -0.1) is 13.2 Å². The third-order valence-corrected chi connectivity index (χ3v) is 7.18. The van der Waals surface area contributed by atoms with Crippen molar-refractivity contribution >= 4 is 29.2 Å². The van der Waals surface area contributed by atoms with Crippen molar-refractivity contribution in [2.24, 2.45) is 5.92 Å². The van der Waals surface area contributed by atoms with Crippen LogP contribution in [0.1, 0.15) is 31.2 Å². The van der Waals surface area contributed by atoms with Crippen molar-refractivity contribution in [1.29, 1.82) is 0 Å². The lowest BCUT2D eigenvalue weighted by atomic mass is 9.96. The monoisotopic (exact) mass is 517 g/mol. The molecule has 9 nitrogen and oxygen atoms in total. The Labute approximate surface area is 211 Å². The molecule has 3 heterocycles. The van der Waals surface area contributed by atoms with Gasteiger partial charge < -0.3 is 19.9 Å². The molecular weight excluding hydrogens is 491 g/mol. The van der Waals surface area contributed by atoms with Gasteiger partial charge in [0.15, 0.2) is 0 Å². The number of piperidine rings is 1. The third kappa shape index (κ3) is 4.97. The van der Waals surface area contributed by atoms with Gasteiger partial charge in [0, 0.05) is 12.1 Å². The van der Waals surface area contributed by atoms with E-state index >= 15 is 0 Å². The molecule has 3 fully saturated rings. The van der Waals surface area contributed by atoms with E-state index < -0.39 is 29.6 Å². The van der Waals surface area contributed by atoms with Gasteiger partial charge in [-0.25, -0.2) is 9.69 Å². The normalized spacial score (nSPS) is 20.0. The van der Waals surface area contributed by atoms with E-state index in [1.807, 2.05) is 7.05 Å². The minimum absolute atomic E-state index is 0.0713. The van der Waals surface area contributed by atoms with Gasteiger partial charge in [0.2, 0.25) is 5.91 Å². The Hall–Kier alpha value is -3.67. The standard InChI is InChI=1S/C25H26F3N5O4/c1-31-12-7-16(8-13-31)21(34)30-20-14-29-11-6-17(20)15-32-23(36)33(22(35)24(32)9-10-24)18-2-4-19(5-3-18)37-25(26,27)28/h2-6,11,14,16H,7-10,12-13,15H2,1H3,(H,30,34). The Balaban J connectivity index is 1.33. The van der Waals surface area contributed by atoms with Crippen LogP contribution in [0, 0.1) is 5.92 Å². The number of urea groups is 1. The van der Waals surface area contributed by atoms with Crippen LogP contribution in [0.15, 0.2) is 42.7 Å². The number of likely N-dealkylation sites (tertiary alicyclic amines) is 1. The summed E-state index contributed by atoms with van der Waals surface area (Å²) in [5, 5.41) is 2.95. The fourth-order valence-corrected chi connectivity index (χ4v) is 4.91. The van der Waals surface area contributed by atoms with Crippen molar-refractivity contribution in [3.8, 4) is 5.75 Å². The van der Waals surface area contributed by atoms with Crippen molar-refractivity contribution < 1.29 is 32.3 Å². The molecule has 2 aliphatic heterocycles. The van der Waals surface area contributed by atoms with Crippen LogP contribution in [-0.4, -0.2) is 64.7 Å². The molecule has 1 saturated carbocycles. The molecule has 4 amide bonds. The zero-order valence-electron chi connectivity index (χ0n) is 20.1. The van der Waals surface area contributed by atoms with Crippen LogP contribution < -0.4 is 15.0 Å². The number of carbonyl (C=O) groups excluding carboxylic acids is 3. The molecule has 0 atom stereocenters. The second kappa shape index (κ2) is 9.33. The van der Waals surface area contributed by atoms with Crippen molar-refractivity contribution in [1.82, 2.24) is 14.8 Å². The van der Waals surface area contributed by atoms with Crippen molar-refractivity contribution in [3.05, 3.63) is 48.3 Å². The summed E-state index contributed by atoms with van der Waals surface area (Å²) in [7, 11) is 2.02. The van der Waals surface area contributed by atoms with Crippen molar-refractivity contribution in [2.75, 3.05) is 30.4 Å². The number of imide groups is 1. The number of carbonyl (C=O) groups is 3. The number of anilines is 2. The number of pyridine rings is 1. The first-order valence-corrected chi connectivity index (χ1v) is 12.0. The van der Waals surface area contributed by atoms with Gasteiger partial charge >= 0.3 is 12.4 Å². The molecule has 37 heavy (non-hydrogen) atoms. The van der Waals surface area contributed by atoms with Gasteiger partial charge in [0.05, 0.1) is 24.1 Å². The van der Waals surface area contributed by atoms with Gasteiger partial charge in [0.25, 0.3) is 5.91 Å². The highest BCUT2D eigenvalue weighted by Crippen LogP contribution is 2.50. The van der Waals surface area contributed by atoms with Gasteiger partial charge in [0.1, 0.15) is 11.3 Å². The Morgan fingerprint density at radius 3 is 2.43 bits per heavy atom. The summed E-state index contributed by atoms with van der Waals surface area (Å²) in [6, 6.07) is 5.74. The highest BCUT2D eigenvalue weighted by Gasteiger charge is 2.65. The van der Waals surface area contributed by atoms with Gasteiger partial charge in [-0.2, -0.15) is 0 Å². The molecule has 0 radical (unpaired) electrons. The number of halogens is 3. The maximum atomic E-state index is 13.4. The number of rotatable bonds is 6. The third-order valence-electron chi connectivity index (χ3n) is 7.18. The molecule has 12 heteroatoms. The summed E-state index contributed by atoms with van der Waals surface area (Å²) >= 11 is 0. The van der Waals surface area contributed by atoms with Crippen LogP contribution >= 0.6 is 0 Å². The summed E-state index contributed by atoms with van der Waals surface area (Å²) in [5.41, 5.74) is 0.273. The molecule has 2 aromatic rings. The Morgan fingerprint density at radius 1 is 1.14 bits per heavy atom. The lowest BCUT2D eigenvalue weighted by molar-refractivity contribution is -0.274. The highest BCUT2D eigenvalue weighted by molar-refractivity contribution is 6.24. The molecule has 2 saturated heterocycles. The largest absolute Gasteiger partial charge is 0.573 e. The van der Waals surface area contributed by atoms with Crippen LogP contribution in [0.4, 0.5) is 29.3 Å². The SMILES string of the molecule is CN1CCC(C(=O)Nc2cnccc2CN2C(=O)N(c3ccc(OC(F)(F)F)cc3)C(=O)C23CC3)CC1. The van der Waals surface area contributed by atoms with Crippen molar-refractivity contribution in [2.45, 2.75) is 44.1 Å². The number of hydrogen-bond acceptors (Lipinski definition) is 6. The molecule has 5 rings (SSSR count). The maximum Gasteiger partial charge on any atom is 0.573 e. The topological polar surface area (TPSA) is 95.1 Å². The fraction of sp³-hybridized carbons (Fsp3) is 0.440. The number of nitrogens with one attached hydrogen (secondary N) is 1. The second-order valence-corrected chi connectivity index (χ2v) is 9.68. The van der Waals surface area contributed by atoms with E-state index in [0.717, 1.165) is 43.0 Å². The summed E-state index contributed by atoms with van der Waals surface area (Å²) in [6.07, 6.45) is 0.697. The van der Waals surface area contributed by atoms with Gasteiger partial charge in [-0.1, -0.05) is 0 Å². The average molecular weight is 518 g/mol. The number of alkyl halides is 3. The molecule has 196 valence electrons. The van der Waals surface area contributed by atoms with E-state index in [-0.39, 0.29) is 24.1 Å². The molecule has 1 spiro atoms. The van der Waals surface area contributed by atoms with Gasteiger partial charge in [-0.3, -0.25) is 14.6 Å². The van der Waals surface area contributed by atoms with E-state index in [9.17, 15) is 27.6 Å². The van der Waals surface area contributed by atoms with Gasteiger partial charge in [-0.05, 0) is 81.7 Å². The number of amides is 4. The first-order valence-electron chi connectivity index (χ1n) is 12.0. The van der Waals surface area contributed by atoms with E-state index in [2.05, 4.69) is 19.9 Å². The number of benzene rings is 1. The molecule has 1 aromatic carbocycles. The average Bonchev–Trinajstić information content (AvgIpc) is 3.62. The Kier molecular flexibility index (Phi) is 6.30. The minimum atomic E-state index is -4.85. The molecule has 0 bridgehead atoms. The number of hydrogen-bond donors (Lipinski definition) is 1. The fourth-order valence-electron chi connectivity index (χ4n) is 4.91. The highest BCUT2D eigenvalue weighted by atomic mass is 19.4. The van der Waals surface area contributed by atoms with E-state index in [0.29, 0.717) is 24.1 Å². The quantitative estimate of drug-likeness (QED) is 0.587. The van der Waals surface area contributed by atoms with Crippen LogP contribution in [0.25, 0.3) is 0 Å². The first kappa shape index (κ1) is 25.0. The van der Waals surface area contributed by atoms with Crippen LogP contribution in [0.3, 0.4) is 0 Å². The lowest BCUT2D eigenvalue weighted by Gasteiger charge is -2.28. The van der Waals surface area contributed by atoms with Crippen molar-refractivity contribution in [3.63, 3.8) is 0 Å². The maximum absolute atomic E-state index is 13.4. The molecule has 1 aromatic heterocycles. The predicted molar refractivity (Wildman–Crippen MR) is 127 cm³/mol. The van der Waals surface area contributed by atoms with E-state index in [4.69, 9.17) is 0 Å².